The van der Waals surface area contributed by atoms with Gasteiger partial charge in [0, 0.05) is 12.6 Å². The Labute approximate surface area is 110 Å². The maximum absolute atomic E-state index is 12.6. The molecule has 18 heavy (non-hydrogen) atoms. The molecule has 1 aliphatic heterocycles. The molecule has 1 aromatic carbocycles. The standard InChI is InChI=1S/C14H21NO2S/c1-11-5-7-13(8-6-11)18(16,17)15-10-14(3,4)9-12(15)2/h5-8,12H,9-10H2,1-4H3/t12-/m1/s1. The third-order valence-corrected chi connectivity index (χ3v) is 5.53. The molecule has 0 radical (unpaired) electrons. The van der Waals surface area contributed by atoms with Crippen LogP contribution >= 0.6 is 0 Å². The van der Waals surface area contributed by atoms with Gasteiger partial charge in [0.15, 0.2) is 0 Å². The monoisotopic (exact) mass is 267 g/mol. The lowest BCUT2D eigenvalue weighted by molar-refractivity contribution is 0.370. The van der Waals surface area contributed by atoms with Crippen LogP contribution in [-0.4, -0.2) is 25.3 Å². The van der Waals surface area contributed by atoms with E-state index in [9.17, 15) is 8.42 Å². The molecule has 0 amide bonds. The van der Waals surface area contributed by atoms with Gasteiger partial charge in [-0.2, -0.15) is 4.31 Å². The van der Waals surface area contributed by atoms with Crippen LogP contribution in [0.1, 0.15) is 32.8 Å². The van der Waals surface area contributed by atoms with Crippen molar-refractivity contribution in [3.63, 3.8) is 0 Å². The summed E-state index contributed by atoms with van der Waals surface area (Å²) in [7, 11) is -3.34. The zero-order valence-corrected chi connectivity index (χ0v) is 12.3. The van der Waals surface area contributed by atoms with Gasteiger partial charge in [-0.15, -0.1) is 0 Å². The first-order valence-electron chi connectivity index (χ1n) is 6.31. The lowest BCUT2D eigenvalue weighted by Crippen LogP contribution is -2.34. The largest absolute Gasteiger partial charge is 0.243 e. The van der Waals surface area contributed by atoms with Crippen LogP contribution in [0.3, 0.4) is 0 Å². The SMILES string of the molecule is Cc1ccc(S(=O)(=O)N2CC(C)(C)C[C@H]2C)cc1. The van der Waals surface area contributed by atoms with E-state index < -0.39 is 10.0 Å². The van der Waals surface area contributed by atoms with Crippen LogP contribution in [0, 0.1) is 12.3 Å². The van der Waals surface area contributed by atoms with Gasteiger partial charge in [0.05, 0.1) is 4.90 Å². The normalized spacial score (nSPS) is 24.3. The Morgan fingerprint density at radius 1 is 1.22 bits per heavy atom. The lowest BCUT2D eigenvalue weighted by Gasteiger charge is -2.22. The highest BCUT2D eigenvalue weighted by Gasteiger charge is 2.41. The fourth-order valence-electron chi connectivity index (χ4n) is 2.71. The van der Waals surface area contributed by atoms with Gasteiger partial charge >= 0.3 is 0 Å². The van der Waals surface area contributed by atoms with Crippen molar-refractivity contribution in [2.45, 2.75) is 45.1 Å². The van der Waals surface area contributed by atoms with E-state index in [1.54, 1.807) is 16.4 Å². The summed E-state index contributed by atoms with van der Waals surface area (Å²) in [4.78, 5) is 0.401. The van der Waals surface area contributed by atoms with Crippen molar-refractivity contribution < 1.29 is 8.42 Å². The summed E-state index contributed by atoms with van der Waals surface area (Å²) in [5.41, 5.74) is 1.14. The number of sulfonamides is 1. The smallest absolute Gasteiger partial charge is 0.207 e. The number of hydrogen-bond donors (Lipinski definition) is 0. The second-order valence-electron chi connectivity index (χ2n) is 6.08. The van der Waals surface area contributed by atoms with Gasteiger partial charge in [-0.1, -0.05) is 31.5 Å². The first-order chi connectivity index (χ1) is 8.22. The first kappa shape index (κ1) is 13.6. The van der Waals surface area contributed by atoms with E-state index in [1.165, 1.54) is 0 Å². The van der Waals surface area contributed by atoms with Gasteiger partial charge in [0.2, 0.25) is 10.0 Å². The molecule has 1 fully saturated rings. The minimum absolute atomic E-state index is 0.0667. The fraction of sp³-hybridized carbons (Fsp3) is 0.571. The molecule has 2 rings (SSSR count). The molecule has 0 bridgehead atoms. The number of aryl methyl sites for hydroxylation is 1. The summed E-state index contributed by atoms with van der Waals surface area (Å²) in [5, 5.41) is 0. The van der Waals surface area contributed by atoms with E-state index in [2.05, 4.69) is 13.8 Å². The Morgan fingerprint density at radius 3 is 2.22 bits per heavy atom. The van der Waals surface area contributed by atoms with Gasteiger partial charge in [-0.25, -0.2) is 8.42 Å². The third-order valence-electron chi connectivity index (χ3n) is 3.55. The molecule has 0 N–H and O–H groups in total. The van der Waals surface area contributed by atoms with Crippen LogP contribution in [0.4, 0.5) is 0 Å². The molecule has 1 atom stereocenters. The van der Waals surface area contributed by atoms with Crippen molar-refractivity contribution in [3.8, 4) is 0 Å². The van der Waals surface area contributed by atoms with Crippen molar-refractivity contribution in [1.82, 2.24) is 4.31 Å². The molecule has 3 nitrogen and oxygen atoms in total. The van der Waals surface area contributed by atoms with Crippen molar-refractivity contribution in [1.29, 1.82) is 0 Å². The Morgan fingerprint density at radius 2 is 1.78 bits per heavy atom. The minimum Gasteiger partial charge on any atom is -0.207 e. The zero-order chi connectivity index (χ0) is 13.6. The lowest BCUT2D eigenvalue weighted by atomic mass is 9.91. The van der Waals surface area contributed by atoms with Gasteiger partial charge in [-0.3, -0.25) is 0 Å². The summed E-state index contributed by atoms with van der Waals surface area (Å²) in [6.45, 7) is 8.78. The number of rotatable bonds is 2. The van der Waals surface area contributed by atoms with Crippen LogP contribution in [0.5, 0.6) is 0 Å². The van der Waals surface area contributed by atoms with E-state index in [0.717, 1.165) is 12.0 Å². The predicted molar refractivity (Wildman–Crippen MR) is 72.9 cm³/mol. The molecule has 0 spiro atoms. The molecule has 1 aromatic rings. The van der Waals surface area contributed by atoms with Crippen LogP contribution in [-0.2, 0) is 10.0 Å². The predicted octanol–water partition coefficient (Wildman–Crippen LogP) is 2.80. The fourth-order valence-corrected chi connectivity index (χ4v) is 4.53. The third kappa shape index (κ3) is 2.45. The average molecular weight is 267 g/mol. The van der Waals surface area contributed by atoms with Crippen LogP contribution in [0.25, 0.3) is 0 Å². The Hall–Kier alpha value is -0.870. The van der Waals surface area contributed by atoms with Crippen LogP contribution in [0.15, 0.2) is 29.2 Å². The highest BCUT2D eigenvalue weighted by Crippen LogP contribution is 2.37. The first-order valence-corrected chi connectivity index (χ1v) is 7.75. The molecule has 100 valence electrons. The Kier molecular flexibility index (Phi) is 3.28. The van der Waals surface area contributed by atoms with E-state index in [4.69, 9.17) is 0 Å². The highest BCUT2D eigenvalue weighted by atomic mass is 32.2. The highest BCUT2D eigenvalue weighted by molar-refractivity contribution is 7.89. The van der Waals surface area contributed by atoms with E-state index in [1.807, 2.05) is 26.0 Å². The molecule has 1 heterocycles. The van der Waals surface area contributed by atoms with Crippen LogP contribution in [0.2, 0.25) is 0 Å². The van der Waals surface area contributed by atoms with Crippen molar-refractivity contribution >= 4 is 10.0 Å². The quantitative estimate of drug-likeness (QED) is 0.826. The molecule has 1 saturated heterocycles. The summed E-state index contributed by atoms with van der Waals surface area (Å²) in [6, 6.07) is 7.16. The van der Waals surface area contributed by atoms with Crippen molar-refractivity contribution in [2.75, 3.05) is 6.54 Å². The summed E-state index contributed by atoms with van der Waals surface area (Å²) in [5.74, 6) is 0. The molecule has 0 aliphatic carbocycles. The van der Waals surface area contributed by atoms with Gasteiger partial charge < -0.3 is 0 Å². The second-order valence-corrected chi connectivity index (χ2v) is 7.97. The minimum atomic E-state index is -3.34. The summed E-state index contributed by atoms with van der Waals surface area (Å²) < 4.78 is 26.8. The maximum Gasteiger partial charge on any atom is 0.243 e. The van der Waals surface area contributed by atoms with E-state index >= 15 is 0 Å². The number of nitrogens with zero attached hydrogens (tertiary/aromatic N) is 1. The van der Waals surface area contributed by atoms with E-state index in [-0.39, 0.29) is 11.5 Å². The average Bonchev–Trinajstić information content (AvgIpc) is 2.53. The van der Waals surface area contributed by atoms with Gasteiger partial charge in [0.1, 0.15) is 0 Å². The zero-order valence-electron chi connectivity index (χ0n) is 11.5. The Balaban J connectivity index is 2.35. The molecule has 0 saturated carbocycles. The van der Waals surface area contributed by atoms with Crippen molar-refractivity contribution in [3.05, 3.63) is 29.8 Å². The Bertz CT molecular complexity index is 531. The second kappa shape index (κ2) is 4.35. The molecule has 0 aromatic heterocycles. The molecular formula is C14H21NO2S. The van der Waals surface area contributed by atoms with Gasteiger partial charge in [-0.05, 0) is 37.8 Å². The maximum atomic E-state index is 12.6. The number of benzene rings is 1. The number of hydrogen-bond acceptors (Lipinski definition) is 2. The molecular weight excluding hydrogens is 246 g/mol. The molecule has 1 aliphatic rings. The molecule has 0 unspecified atom stereocenters. The van der Waals surface area contributed by atoms with Gasteiger partial charge in [0.25, 0.3) is 0 Å². The van der Waals surface area contributed by atoms with Crippen LogP contribution < -0.4 is 0 Å². The molecule has 4 heteroatoms. The summed E-state index contributed by atoms with van der Waals surface area (Å²) >= 11 is 0. The topological polar surface area (TPSA) is 37.4 Å². The summed E-state index contributed by atoms with van der Waals surface area (Å²) in [6.07, 6.45) is 0.915. The van der Waals surface area contributed by atoms with Crippen molar-refractivity contribution in [2.24, 2.45) is 5.41 Å². The van der Waals surface area contributed by atoms with E-state index in [0.29, 0.717) is 11.4 Å².